The van der Waals surface area contributed by atoms with Crippen molar-refractivity contribution in [1.29, 1.82) is 0 Å². The van der Waals surface area contributed by atoms with E-state index in [0.717, 1.165) is 16.7 Å². The number of hydrogen-bond donors (Lipinski definition) is 1. The molecule has 0 aliphatic carbocycles. The molecule has 0 unspecified atom stereocenters. The first-order valence-corrected chi connectivity index (χ1v) is 3.95. The maximum atomic E-state index is 11.1. The maximum absolute atomic E-state index is 11.1. The number of rotatable bonds is 2. The summed E-state index contributed by atoms with van der Waals surface area (Å²) in [6, 6.07) is 5.73. The monoisotopic (exact) mass is 163 g/mol. The molecule has 0 atom stereocenters. The summed E-state index contributed by atoms with van der Waals surface area (Å²) in [4.78, 5) is 11.1. The standard InChI is InChI=1S/C10H13NO/c1-7-3-4-9(6-11)5-10(7)8(2)12/h3-5H,6,11H2,1-2H3. The molecule has 12 heavy (non-hydrogen) atoms. The first-order valence-electron chi connectivity index (χ1n) is 3.95. The number of carbonyl (C=O) groups excluding carboxylic acids is 1. The Kier molecular flexibility index (Phi) is 2.61. The van der Waals surface area contributed by atoms with E-state index in [-0.39, 0.29) is 5.78 Å². The molecule has 0 aromatic heterocycles. The lowest BCUT2D eigenvalue weighted by Gasteiger charge is -2.03. The molecule has 64 valence electrons. The van der Waals surface area contributed by atoms with Gasteiger partial charge in [-0.2, -0.15) is 0 Å². The van der Waals surface area contributed by atoms with Crippen LogP contribution in [0.15, 0.2) is 18.2 Å². The van der Waals surface area contributed by atoms with Crippen LogP contribution in [0.2, 0.25) is 0 Å². The van der Waals surface area contributed by atoms with E-state index < -0.39 is 0 Å². The molecule has 1 rings (SSSR count). The minimum absolute atomic E-state index is 0.0998. The third-order valence-corrected chi connectivity index (χ3v) is 1.92. The van der Waals surface area contributed by atoms with Gasteiger partial charge in [0.25, 0.3) is 0 Å². The van der Waals surface area contributed by atoms with Gasteiger partial charge < -0.3 is 5.73 Å². The van der Waals surface area contributed by atoms with Crippen LogP contribution in [0.3, 0.4) is 0 Å². The van der Waals surface area contributed by atoms with Crippen LogP contribution in [0.4, 0.5) is 0 Å². The van der Waals surface area contributed by atoms with Crippen molar-refractivity contribution in [2.45, 2.75) is 20.4 Å². The van der Waals surface area contributed by atoms with E-state index in [1.807, 2.05) is 25.1 Å². The van der Waals surface area contributed by atoms with E-state index in [1.165, 1.54) is 0 Å². The summed E-state index contributed by atoms with van der Waals surface area (Å²) in [7, 11) is 0. The van der Waals surface area contributed by atoms with Gasteiger partial charge in [0.2, 0.25) is 0 Å². The largest absolute Gasteiger partial charge is 0.326 e. The van der Waals surface area contributed by atoms with Crippen molar-refractivity contribution >= 4 is 5.78 Å². The smallest absolute Gasteiger partial charge is 0.160 e. The lowest BCUT2D eigenvalue weighted by molar-refractivity contribution is 0.101. The van der Waals surface area contributed by atoms with E-state index in [4.69, 9.17) is 5.73 Å². The Morgan fingerprint density at radius 2 is 2.17 bits per heavy atom. The summed E-state index contributed by atoms with van der Waals surface area (Å²) in [5, 5.41) is 0. The Labute approximate surface area is 72.4 Å². The van der Waals surface area contributed by atoms with Crippen LogP contribution >= 0.6 is 0 Å². The van der Waals surface area contributed by atoms with Gasteiger partial charge in [0.05, 0.1) is 0 Å². The highest BCUT2D eigenvalue weighted by Gasteiger charge is 2.03. The number of benzene rings is 1. The molecular formula is C10H13NO. The van der Waals surface area contributed by atoms with Crippen molar-refractivity contribution in [3.8, 4) is 0 Å². The average molecular weight is 163 g/mol. The number of carbonyl (C=O) groups is 1. The van der Waals surface area contributed by atoms with Gasteiger partial charge in [0, 0.05) is 12.1 Å². The summed E-state index contributed by atoms with van der Waals surface area (Å²) >= 11 is 0. The van der Waals surface area contributed by atoms with Gasteiger partial charge in [-0.3, -0.25) is 4.79 Å². The van der Waals surface area contributed by atoms with Gasteiger partial charge in [-0.25, -0.2) is 0 Å². The number of Topliss-reactive ketones (excluding diaryl/α,β-unsaturated/α-hetero) is 1. The summed E-state index contributed by atoms with van der Waals surface area (Å²) in [6.07, 6.45) is 0. The van der Waals surface area contributed by atoms with E-state index in [9.17, 15) is 4.79 Å². The van der Waals surface area contributed by atoms with Crippen LogP contribution in [-0.2, 0) is 6.54 Å². The maximum Gasteiger partial charge on any atom is 0.160 e. The fraction of sp³-hybridized carbons (Fsp3) is 0.300. The second kappa shape index (κ2) is 3.50. The van der Waals surface area contributed by atoms with Crippen molar-refractivity contribution < 1.29 is 4.79 Å². The molecule has 0 fully saturated rings. The van der Waals surface area contributed by atoms with Gasteiger partial charge in [0.1, 0.15) is 0 Å². The van der Waals surface area contributed by atoms with Gasteiger partial charge in [-0.15, -0.1) is 0 Å². The molecule has 0 aliphatic heterocycles. The first-order chi connectivity index (χ1) is 5.65. The first kappa shape index (κ1) is 8.94. The van der Waals surface area contributed by atoms with Crippen molar-refractivity contribution in [2.24, 2.45) is 5.73 Å². The Balaban J connectivity index is 3.17. The van der Waals surface area contributed by atoms with Gasteiger partial charge >= 0.3 is 0 Å². The number of aryl methyl sites for hydroxylation is 1. The minimum atomic E-state index is 0.0998. The number of hydrogen-bond acceptors (Lipinski definition) is 2. The molecule has 0 saturated carbocycles. The normalized spacial score (nSPS) is 9.92. The van der Waals surface area contributed by atoms with Crippen molar-refractivity contribution in [1.82, 2.24) is 0 Å². The summed E-state index contributed by atoms with van der Waals surface area (Å²) in [6.45, 7) is 3.99. The Hall–Kier alpha value is -1.15. The van der Waals surface area contributed by atoms with Gasteiger partial charge in [-0.05, 0) is 31.0 Å². The summed E-state index contributed by atoms with van der Waals surface area (Å²) in [5.41, 5.74) is 8.25. The highest BCUT2D eigenvalue weighted by Crippen LogP contribution is 2.11. The zero-order valence-electron chi connectivity index (χ0n) is 7.42. The van der Waals surface area contributed by atoms with E-state index in [2.05, 4.69) is 0 Å². The molecule has 2 nitrogen and oxygen atoms in total. The fourth-order valence-electron chi connectivity index (χ4n) is 1.18. The predicted octanol–water partition coefficient (Wildman–Crippen LogP) is 1.66. The zero-order chi connectivity index (χ0) is 9.14. The topological polar surface area (TPSA) is 43.1 Å². The molecule has 0 saturated heterocycles. The fourth-order valence-corrected chi connectivity index (χ4v) is 1.18. The second-order valence-corrected chi connectivity index (χ2v) is 2.91. The summed E-state index contributed by atoms with van der Waals surface area (Å²) in [5.74, 6) is 0.0998. The van der Waals surface area contributed by atoms with E-state index in [1.54, 1.807) is 6.92 Å². The molecule has 0 spiro atoms. The van der Waals surface area contributed by atoms with Crippen molar-refractivity contribution in [3.63, 3.8) is 0 Å². The molecule has 0 amide bonds. The van der Waals surface area contributed by atoms with Crippen LogP contribution in [0.5, 0.6) is 0 Å². The molecule has 1 aromatic carbocycles. The SMILES string of the molecule is CC(=O)c1cc(CN)ccc1C. The van der Waals surface area contributed by atoms with Crippen LogP contribution in [-0.4, -0.2) is 5.78 Å². The highest BCUT2D eigenvalue weighted by molar-refractivity contribution is 5.95. The molecule has 0 radical (unpaired) electrons. The van der Waals surface area contributed by atoms with Crippen LogP contribution in [0.1, 0.15) is 28.4 Å². The van der Waals surface area contributed by atoms with Crippen molar-refractivity contribution in [2.75, 3.05) is 0 Å². The minimum Gasteiger partial charge on any atom is -0.326 e. The van der Waals surface area contributed by atoms with Crippen LogP contribution in [0.25, 0.3) is 0 Å². The number of nitrogens with two attached hydrogens (primary N) is 1. The molecule has 0 heterocycles. The Morgan fingerprint density at radius 1 is 1.50 bits per heavy atom. The molecule has 0 aliphatic rings. The molecule has 0 bridgehead atoms. The van der Waals surface area contributed by atoms with E-state index >= 15 is 0 Å². The lowest BCUT2D eigenvalue weighted by Crippen LogP contribution is -2.01. The molecule has 2 N–H and O–H groups in total. The van der Waals surface area contributed by atoms with Crippen molar-refractivity contribution in [3.05, 3.63) is 34.9 Å². The quantitative estimate of drug-likeness (QED) is 0.674. The van der Waals surface area contributed by atoms with Crippen LogP contribution in [0, 0.1) is 6.92 Å². The van der Waals surface area contributed by atoms with E-state index in [0.29, 0.717) is 6.54 Å². The Morgan fingerprint density at radius 3 is 2.67 bits per heavy atom. The number of ketones is 1. The third-order valence-electron chi connectivity index (χ3n) is 1.92. The van der Waals surface area contributed by atoms with Gasteiger partial charge in [-0.1, -0.05) is 12.1 Å². The predicted molar refractivity (Wildman–Crippen MR) is 49.1 cm³/mol. The molecular weight excluding hydrogens is 150 g/mol. The summed E-state index contributed by atoms with van der Waals surface area (Å²) < 4.78 is 0. The average Bonchev–Trinajstić information content (AvgIpc) is 2.05. The second-order valence-electron chi connectivity index (χ2n) is 2.91. The lowest BCUT2D eigenvalue weighted by atomic mass is 10.0. The Bertz CT molecular complexity index is 305. The third kappa shape index (κ3) is 1.71. The van der Waals surface area contributed by atoms with Gasteiger partial charge in [0.15, 0.2) is 5.78 Å². The molecule has 1 aromatic rings. The molecule has 2 heteroatoms. The highest BCUT2D eigenvalue weighted by atomic mass is 16.1. The zero-order valence-corrected chi connectivity index (χ0v) is 7.42. The van der Waals surface area contributed by atoms with Crippen LogP contribution < -0.4 is 5.73 Å².